The Bertz CT molecular complexity index is 1180. The number of ether oxygens (including phenoxy) is 2. The first-order valence-corrected chi connectivity index (χ1v) is 11.7. The van der Waals surface area contributed by atoms with Crippen LogP contribution in [-0.4, -0.2) is 41.0 Å². The van der Waals surface area contributed by atoms with Crippen molar-refractivity contribution in [1.29, 1.82) is 0 Å². The van der Waals surface area contributed by atoms with Crippen LogP contribution in [0.4, 0.5) is 0 Å². The summed E-state index contributed by atoms with van der Waals surface area (Å²) >= 11 is 5.93. The minimum atomic E-state index is -1.04. The molecule has 2 atom stereocenters. The fraction of sp³-hybridized carbons (Fsp3) is 0.333. The van der Waals surface area contributed by atoms with Crippen molar-refractivity contribution in [1.82, 2.24) is 0 Å². The van der Waals surface area contributed by atoms with E-state index in [1.54, 1.807) is 44.2 Å². The van der Waals surface area contributed by atoms with Crippen LogP contribution in [0.1, 0.15) is 55.3 Å². The van der Waals surface area contributed by atoms with Crippen LogP contribution in [0.5, 0.6) is 5.75 Å². The van der Waals surface area contributed by atoms with Gasteiger partial charge >= 0.3 is 0 Å². The highest BCUT2D eigenvalue weighted by Crippen LogP contribution is 2.43. The van der Waals surface area contributed by atoms with Crippen LogP contribution in [0, 0.1) is 0 Å². The van der Waals surface area contributed by atoms with E-state index in [0.717, 1.165) is 16.7 Å². The Hall–Kier alpha value is -3.09. The number of hydrogen-bond acceptors (Lipinski definition) is 6. The summed E-state index contributed by atoms with van der Waals surface area (Å²) in [6.45, 7) is 7.79. The fourth-order valence-electron chi connectivity index (χ4n) is 4.18. The summed E-state index contributed by atoms with van der Waals surface area (Å²) in [4.78, 5) is 18.4. The molecule has 0 saturated heterocycles. The van der Waals surface area contributed by atoms with Crippen molar-refractivity contribution >= 4 is 23.3 Å². The number of halogens is 1. The van der Waals surface area contributed by atoms with E-state index in [4.69, 9.17) is 25.9 Å². The summed E-state index contributed by atoms with van der Waals surface area (Å²) in [5.74, 6) is 1.02. The van der Waals surface area contributed by atoms with E-state index < -0.39 is 17.8 Å². The van der Waals surface area contributed by atoms with Crippen LogP contribution in [0.3, 0.4) is 0 Å². The number of hydrogen-bond donors (Lipinski definition) is 1. The summed E-state index contributed by atoms with van der Waals surface area (Å²) in [5.41, 5.74) is 3.32. The maximum Gasteiger partial charge on any atom is 0.258 e. The number of aliphatic hydroxyl groups excluding tert-OH is 1. The Labute approximate surface area is 204 Å². The van der Waals surface area contributed by atoms with E-state index in [9.17, 15) is 9.90 Å². The van der Waals surface area contributed by atoms with E-state index in [0.29, 0.717) is 34.9 Å². The molecule has 178 valence electrons. The van der Waals surface area contributed by atoms with Gasteiger partial charge < -0.3 is 19.4 Å². The second kappa shape index (κ2) is 9.65. The van der Waals surface area contributed by atoms with Crippen LogP contribution in [0.25, 0.3) is 0 Å². The minimum Gasteiger partial charge on any atom is -0.485 e. The molecule has 1 N–H and O–H groups in total. The van der Waals surface area contributed by atoms with E-state index in [-0.39, 0.29) is 11.7 Å². The number of benzene rings is 2. The lowest BCUT2D eigenvalue weighted by atomic mass is 9.86. The first-order valence-electron chi connectivity index (χ1n) is 11.1. The summed E-state index contributed by atoms with van der Waals surface area (Å²) in [6, 6.07) is 14.2. The Morgan fingerprint density at radius 3 is 2.68 bits per heavy atom. The summed E-state index contributed by atoms with van der Waals surface area (Å²) < 4.78 is 12.4. The largest absolute Gasteiger partial charge is 0.485 e. The van der Waals surface area contributed by atoms with Crippen molar-refractivity contribution in [3.8, 4) is 5.75 Å². The van der Waals surface area contributed by atoms with Crippen molar-refractivity contribution in [3.63, 3.8) is 0 Å². The van der Waals surface area contributed by atoms with Gasteiger partial charge in [0.1, 0.15) is 24.1 Å². The number of nitrogens with zero attached hydrogens (tertiary/aromatic N) is 1. The van der Waals surface area contributed by atoms with Gasteiger partial charge in [0, 0.05) is 28.1 Å². The topological polar surface area (TPSA) is 77.4 Å². The molecule has 2 aliphatic rings. The minimum absolute atomic E-state index is 0.128. The zero-order valence-corrected chi connectivity index (χ0v) is 20.4. The molecular formula is C27H28ClNO5. The molecule has 0 saturated carbocycles. The molecule has 2 aromatic rings. The van der Waals surface area contributed by atoms with Gasteiger partial charge in [-0.15, -0.1) is 11.6 Å². The highest BCUT2D eigenvalue weighted by atomic mass is 35.5. The standard InChI is InChI=1S/C27H28ClNO5/c1-16(12-13-28)22-17(2)15-32-29-26(22)33-24-20-14-19(23(30)18-8-6-5-7-9-18)10-11-21(20)34-27(3,4)25(24)31/h5-12,14,24-25,31H,13,15H2,1-4H3/b16-12-/t24-,25+/m1/s1. The monoisotopic (exact) mass is 481 g/mol. The third-order valence-corrected chi connectivity index (χ3v) is 6.23. The summed E-state index contributed by atoms with van der Waals surface area (Å²) in [5, 5.41) is 15.4. The lowest BCUT2D eigenvalue weighted by Crippen LogP contribution is -2.50. The molecule has 0 spiro atoms. The van der Waals surface area contributed by atoms with Gasteiger partial charge in [-0.25, -0.2) is 0 Å². The van der Waals surface area contributed by atoms with E-state index in [1.165, 1.54) is 0 Å². The van der Waals surface area contributed by atoms with Gasteiger partial charge in [0.05, 0.1) is 0 Å². The normalized spacial score (nSPS) is 21.7. The third-order valence-electron chi connectivity index (χ3n) is 6.07. The van der Waals surface area contributed by atoms with Crippen LogP contribution in [-0.2, 0) is 9.57 Å². The predicted octanol–water partition coefficient (Wildman–Crippen LogP) is 5.35. The summed E-state index contributed by atoms with van der Waals surface area (Å²) in [6.07, 6.45) is -0.000576. The van der Waals surface area contributed by atoms with Gasteiger partial charge in [0.15, 0.2) is 11.9 Å². The van der Waals surface area contributed by atoms with E-state index in [2.05, 4.69) is 5.16 Å². The fourth-order valence-corrected chi connectivity index (χ4v) is 4.41. The zero-order valence-electron chi connectivity index (χ0n) is 19.7. The quantitative estimate of drug-likeness (QED) is 0.460. The second-order valence-corrected chi connectivity index (χ2v) is 9.31. The number of carbonyl (C=O) groups excluding carboxylic acids is 1. The van der Waals surface area contributed by atoms with Crippen molar-refractivity contribution in [2.75, 3.05) is 12.5 Å². The molecule has 0 fully saturated rings. The number of fused-ring (bicyclic) bond motifs is 1. The van der Waals surface area contributed by atoms with Gasteiger partial charge in [-0.2, -0.15) is 0 Å². The van der Waals surface area contributed by atoms with E-state index in [1.807, 2.05) is 38.1 Å². The van der Waals surface area contributed by atoms with Crippen molar-refractivity contribution in [3.05, 3.63) is 88.0 Å². The van der Waals surface area contributed by atoms with Gasteiger partial charge in [0.25, 0.3) is 5.90 Å². The Morgan fingerprint density at radius 1 is 1.24 bits per heavy atom. The van der Waals surface area contributed by atoms with Crippen LogP contribution < -0.4 is 4.74 Å². The van der Waals surface area contributed by atoms with E-state index >= 15 is 0 Å². The molecule has 4 rings (SSSR count). The number of ketones is 1. The average Bonchev–Trinajstić information content (AvgIpc) is 2.82. The van der Waals surface area contributed by atoms with Crippen molar-refractivity contribution in [2.45, 2.75) is 45.5 Å². The molecule has 2 aliphatic heterocycles. The predicted molar refractivity (Wildman–Crippen MR) is 131 cm³/mol. The number of rotatable bonds is 5. The molecule has 6 nitrogen and oxygen atoms in total. The lowest BCUT2D eigenvalue weighted by Gasteiger charge is -2.42. The Morgan fingerprint density at radius 2 is 1.97 bits per heavy atom. The number of oxime groups is 1. The van der Waals surface area contributed by atoms with Crippen LogP contribution in [0.2, 0.25) is 0 Å². The molecule has 0 unspecified atom stereocenters. The molecule has 0 amide bonds. The maximum absolute atomic E-state index is 13.1. The highest BCUT2D eigenvalue weighted by Gasteiger charge is 2.45. The Kier molecular flexibility index (Phi) is 6.82. The zero-order chi connectivity index (χ0) is 24.5. The van der Waals surface area contributed by atoms with Crippen molar-refractivity contribution in [2.24, 2.45) is 5.16 Å². The van der Waals surface area contributed by atoms with Gasteiger partial charge in [-0.05, 0) is 62.2 Å². The molecule has 0 aliphatic carbocycles. The molecule has 0 aromatic heterocycles. The number of allylic oxidation sites excluding steroid dienone is 1. The Balaban J connectivity index is 1.75. The van der Waals surface area contributed by atoms with Crippen LogP contribution in [0.15, 0.2) is 76.5 Å². The molecule has 2 aromatic carbocycles. The van der Waals surface area contributed by atoms with Gasteiger partial charge in [0.2, 0.25) is 0 Å². The number of carbonyl (C=O) groups is 1. The smallest absolute Gasteiger partial charge is 0.258 e. The van der Waals surface area contributed by atoms with Crippen LogP contribution >= 0.6 is 11.6 Å². The second-order valence-electron chi connectivity index (χ2n) is 9.00. The molecule has 0 bridgehead atoms. The molecule has 7 heteroatoms. The first kappa shape index (κ1) is 24.0. The van der Waals surface area contributed by atoms with Gasteiger partial charge in [-0.1, -0.05) is 36.4 Å². The first-order chi connectivity index (χ1) is 16.2. The highest BCUT2D eigenvalue weighted by molar-refractivity contribution is 6.19. The molecule has 0 radical (unpaired) electrons. The molecule has 34 heavy (non-hydrogen) atoms. The van der Waals surface area contributed by atoms with Gasteiger partial charge in [-0.3, -0.25) is 4.79 Å². The molecule has 2 heterocycles. The lowest BCUT2D eigenvalue weighted by molar-refractivity contribution is -0.107. The average molecular weight is 482 g/mol. The maximum atomic E-state index is 13.1. The summed E-state index contributed by atoms with van der Waals surface area (Å²) in [7, 11) is 0. The number of alkyl halides is 1. The SMILES string of the molecule is CC1=C(/C(C)=C\CCl)C(O[C@@H]2c3cc(C(=O)c4ccccc4)ccc3OC(C)(C)[C@H]2O)=NOC1. The van der Waals surface area contributed by atoms with Crippen molar-refractivity contribution < 1.29 is 24.2 Å². The molecular weight excluding hydrogens is 454 g/mol. The number of aliphatic hydroxyl groups is 1. The third kappa shape index (κ3) is 4.61.